The second-order valence-electron chi connectivity index (χ2n) is 5.77. The lowest BCUT2D eigenvalue weighted by atomic mass is 10.2. The van der Waals surface area contributed by atoms with Gasteiger partial charge in [-0.05, 0) is 18.2 Å². The molecule has 0 spiro atoms. The van der Waals surface area contributed by atoms with Gasteiger partial charge >= 0.3 is 6.18 Å². The van der Waals surface area contributed by atoms with Crippen molar-refractivity contribution in [1.82, 2.24) is 19.6 Å². The Kier molecular flexibility index (Phi) is 5.43. The van der Waals surface area contributed by atoms with Crippen molar-refractivity contribution in [3.63, 3.8) is 0 Å². The van der Waals surface area contributed by atoms with Crippen molar-refractivity contribution in [2.75, 3.05) is 5.32 Å². The lowest BCUT2D eigenvalue weighted by Gasteiger charge is -2.14. The van der Waals surface area contributed by atoms with Crippen LogP contribution in [0.25, 0.3) is 5.69 Å². The van der Waals surface area contributed by atoms with Gasteiger partial charge in [0.05, 0.1) is 17.4 Å². The molecule has 3 aromatic rings. The molecular formula is C16H10BrF6N5O. The molecule has 6 nitrogen and oxygen atoms in total. The van der Waals surface area contributed by atoms with Gasteiger partial charge in [-0.15, -0.1) is 0 Å². The van der Waals surface area contributed by atoms with E-state index in [-0.39, 0.29) is 4.68 Å². The number of nitrogens with zero attached hydrogens (tertiary/aromatic N) is 4. The van der Waals surface area contributed by atoms with Crippen molar-refractivity contribution in [1.29, 1.82) is 0 Å². The van der Waals surface area contributed by atoms with Gasteiger partial charge < -0.3 is 5.32 Å². The van der Waals surface area contributed by atoms with Gasteiger partial charge in [0.2, 0.25) is 0 Å². The molecule has 3 rings (SSSR count). The summed E-state index contributed by atoms with van der Waals surface area (Å²) >= 11 is 2.99. The van der Waals surface area contributed by atoms with Crippen LogP contribution in [0, 0.1) is 5.82 Å². The van der Waals surface area contributed by atoms with E-state index in [1.54, 1.807) is 0 Å². The van der Waals surface area contributed by atoms with E-state index >= 15 is 0 Å². The van der Waals surface area contributed by atoms with Crippen LogP contribution in [0.15, 0.2) is 35.1 Å². The number of amides is 1. The Bertz CT molecular complexity index is 1070. The first-order valence-electron chi connectivity index (χ1n) is 7.72. The van der Waals surface area contributed by atoms with Crippen molar-refractivity contribution in [2.24, 2.45) is 7.05 Å². The van der Waals surface area contributed by atoms with Gasteiger partial charge in [-0.25, -0.2) is 17.9 Å². The third kappa shape index (κ3) is 4.13. The van der Waals surface area contributed by atoms with Gasteiger partial charge in [-0.2, -0.15) is 23.4 Å². The lowest BCUT2D eigenvalue weighted by molar-refractivity contribution is -0.142. The Morgan fingerprint density at radius 3 is 2.55 bits per heavy atom. The number of hydrogen-bond acceptors (Lipinski definition) is 3. The van der Waals surface area contributed by atoms with Crippen molar-refractivity contribution >= 4 is 27.5 Å². The van der Waals surface area contributed by atoms with E-state index in [0.29, 0.717) is 10.7 Å². The third-order valence-corrected chi connectivity index (χ3v) is 4.23. The summed E-state index contributed by atoms with van der Waals surface area (Å²) in [5.74, 6) is -2.24. The van der Waals surface area contributed by atoms with E-state index in [1.807, 2.05) is 5.32 Å². The van der Waals surface area contributed by atoms with Crippen molar-refractivity contribution in [3.05, 3.63) is 57.8 Å². The van der Waals surface area contributed by atoms with Gasteiger partial charge in [-0.1, -0.05) is 15.9 Å². The van der Waals surface area contributed by atoms with Crippen LogP contribution in [0.5, 0.6) is 0 Å². The quantitative estimate of drug-likeness (QED) is 0.548. The maximum Gasteiger partial charge on any atom is 0.435 e. The predicted octanol–water partition coefficient (Wildman–Crippen LogP) is 4.72. The number of carbonyl (C=O) groups excluding carboxylic acids is 1. The maximum atomic E-state index is 14.1. The van der Waals surface area contributed by atoms with Gasteiger partial charge in [0, 0.05) is 17.7 Å². The van der Waals surface area contributed by atoms with E-state index in [9.17, 15) is 31.1 Å². The number of halogens is 7. The van der Waals surface area contributed by atoms with Crippen LogP contribution in [0.1, 0.15) is 28.2 Å². The molecule has 1 amide bonds. The highest BCUT2D eigenvalue weighted by molar-refractivity contribution is 9.10. The SMILES string of the molecule is Cn1cc(C(=O)Nc2cnn(-c3ccc(Br)cc3F)c2C(F)(F)F)c(C(F)F)n1. The first-order valence-corrected chi connectivity index (χ1v) is 8.52. The molecule has 0 aliphatic carbocycles. The maximum absolute atomic E-state index is 14.1. The highest BCUT2D eigenvalue weighted by Gasteiger charge is 2.40. The normalized spacial score (nSPS) is 11.9. The fraction of sp³-hybridized carbons (Fsp3) is 0.188. The zero-order valence-electron chi connectivity index (χ0n) is 14.3. The smallest absolute Gasteiger partial charge is 0.319 e. The fourth-order valence-electron chi connectivity index (χ4n) is 2.58. The molecule has 1 aromatic carbocycles. The Morgan fingerprint density at radius 1 is 1.28 bits per heavy atom. The summed E-state index contributed by atoms with van der Waals surface area (Å²) in [5, 5.41) is 8.84. The summed E-state index contributed by atoms with van der Waals surface area (Å²) in [5.41, 5.74) is -4.30. The Hall–Kier alpha value is -2.83. The molecule has 0 unspecified atom stereocenters. The van der Waals surface area contributed by atoms with Gasteiger partial charge in [-0.3, -0.25) is 9.48 Å². The van der Waals surface area contributed by atoms with Gasteiger partial charge in [0.15, 0.2) is 5.69 Å². The van der Waals surface area contributed by atoms with E-state index in [1.165, 1.54) is 13.1 Å². The van der Waals surface area contributed by atoms with Gasteiger partial charge in [0.1, 0.15) is 17.2 Å². The lowest BCUT2D eigenvalue weighted by Crippen LogP contribution is -2.19. The zero-order valence-corrected chi connectivity index (χ0v) is 15.9. The molecule has 2 heterocycles. The topological polar surface area (TPSA) is 64.7 Å². The molecule has 0 aliphatic rings. The van der Waals surface area contributed by atoms with Crippen LogP contribution in [0.3, 0.4) is 0 Å². The molecule has 29 heavy (non-hydrogen) atoms. The van der Waals surface area contributed by atoms with Crippen LogP contribution in [-0.2, 0) is 13.2 Å². The number of hydrogen-bond donors (Lipinski definition) is 1. The minimum Gasteiger partial charge on any atom is -0.319 e. The standard InChI is InChI=1S/C16H10BrF6N5O/c1-27-6-8(12(26-27)14(19)20)15(29)25-10-5-24-28(13(10)16(21,22)23)11-3-2-7(17)4-9(11)18/h2-6,14H,1H3,(H,25,29). The van der Waals surface area contributed by atoms with Crippen LogP contribution in [0.4, 0.5) is 32.0 Å². The molecular weight excluding hydrogens is 472 g/mol. The zero-order chi connectivity index (χ0) is 21.5. The third-order valence-electron chi connectivity index (χ3n) is 3.73. The number of alkyl halides is 5. The molecule has 2 aromatic heterocycles. The van der Waals surface area contributed by atoms with Crippen LogP contribution < -0.4 is 5.32 Å². The fourth-order valence-corrected chi connectivity index (χ4v) is 2.91. The number of nitrogens with one attached hydrogen (secondary N) is 1. The molecule has 13 heteroatoms. The number of aryl methyl sites for hydroxylation is 1. The monoisotopic (exact) mass is 481 g/mol. The highest BCUT2D eigenvalue weighted by Crippen LogP contribution is 2.37. The molecule has 0 bridgehead atoms. The molecule has 0 atom stereocenters. The van der Waals surface area contributed by atoms with E-state index in [0.717, 1.165) is 23.0 Å². The summed E-state index contributed by atoms with van der Waals surface area (Å²) in [4.78, 5) is 12.3. The van der Waals surface area contributed by atoms with E-state index in [4.69, 9.17) is 0 Å². The predicted molar refractivity (Wildman–Crippen MR) is 92.3 cm³/mol. The summed E-state index contributed by atoms with van der Waals surface area (Å²) in [7, 11) is 1.28. The summed E-state index contributed by atoms with van der Waals surface area (Å²) in [6, 6.07) is 3.31. The van der Waals surface area contributed by atoms with E-state index in [2.05, 4.69) is 26.1 Å². The number of carbonyl (C=O) groups is 1. The van der Waals surface area contributed by atoms with Gasteiger partial charge in [0.25, 0.3) is 12.3 Å². The molecule has 0 saturated heterocycles. The molecule has 0 aliphatic heterocycles. The van der Waals surface area contributed by atoms with Crippen LogP contribution in [0.2, 0.25) is 0 Å². The van der Waals surface area contributed by atoms with Crippen molar-refractivity contribution in [2.45, 2.75) is 12.6 Å². The second kappa shape index (κ2) is 7.54. The highest BCUT2D eigenvalue weighted by atomic mass is 79.9. The number of anilines is 1. The number of benzene rings is 1. The van der Waals surface area contributed by atoms with Crippen molar-refractivity contribution < 1.29 is 31.1 Å². The first-order chi connectivity index (χ1) is 13.5. The second-order valence-corrected chi connectivity index (χ2v) is 6.68. The van der Waals surface area contributed by atoms with E-state index < -0.39 is 52.7 Å². The average molecular weight is 482 g/mol. The molecule has 0 radical (unpaired) electrons. The Morgan fingerprint density at radius 2 is 1.97 bits per heavy atom. The Balaban J connectivity index is 2.05. The molecule has 0 fully saturated rings. The average Bonchev–Trinajstić information content (AvgIpc) is 3.18. The van der Waals surface area contributed by atoms with Crippen molar-refractivity contribution in [3.8, 4) is 5.69 Å². The number of aromatic nitrogens is 4. The summed E-state index contributed by atoms with van der Waals surface area (Å²) in [6.07, 6.45) is -6.55. The Labute approximate surface area is 167 Å². The molecule has 1 N–H and O–H groups in total. The van der Waals surface area contributed by atoms with Crippen LogP contribution >= 0.6 is 15.9 Å². The minimum absolute atomic E-state index is 0.272. The molecule has 154 valence electrons. The first kappa shape index (κ1) is 20.9. The summed E-state index contributed by atoms with van der Waals surface area (Å²) < 4.78 is 82.5. The molecule has 0 saturated carbocycles. The van der Waals surface area contributed by atoms with Crippen LogP contribution in [-0.4, -0.2) is 25.5 Å². The summed E-state index contributed by atoms with van der Waals surface area (Å²) in [6.45, 7) is 0. The minimum atomic E-state index is -5.04. The number of rotatable bonds is 4. The largest absolute Gasteiger partial charge is 0.435 e.